The van der Waals surface area contributed by atoms with Crippen LogP contribution in [0.25, 0.3) is 0 Å². The maximum Gasteiger partial charge on any atom is 0.252 e. The van der Waals surface area contributed by atoms with E-state index in [-0.39, 0.29) is 23.4 Å². The van der Waals surface area contributed by atoms with Crippen LogP contribution in [-0.4, -0.2) is 88.1 Å². The second-order valence-corrected chi connectivity index (χ2v) is 9.22. The maximum absolute atomic E-state index is 12.2. The molecule has 3 heterocycles. The van der Waals surface area contributed by atoms with Crippen LogP contribution < -0.4 is 11.1 Å². The lowest BCUT2D eigenvalue weighted by molar-refractivity contribution is -0.139. The summed E-state index contributed by atoms with van der Waals surface area (Å²) < 4.78 is 5.70. The molecule has 0 aromatic rings. The summed E-state index contributed by atoms with van der Waals surface area (Å²) in [4.78, 5) is 38.4. The molecule has 34 heavy (non-hydrogen) atoms. The van der Waals surface area contributed by atoms with E-state index < -0.39 is 42.7 Å². The molecule has 4 aliphatic rings. The molecule has 1 amide bonds. The number of nitrogens with zero attached hydrogens (tertiary/aromatic N) is 4. The molecule has 0 radical (unpaired) electrons. The van der Waals surface area contributed by atoms with Gasteiger partial charge in [0.1, 0.15) is 29.9 Å². The van der Waals surface area contributed by atoms with Crippen molar-refractivity contribution in [3.63, 3.8) is 0 Å². The van der Waals surface area contributed by atoms with E-state index in [1.807, 2.05) is 0 Å². The summed E-state index contributed by atoms with van der Waals surface area (Å²) in [6.07, 6.45) is 0.326. The van der Waals surface area contributed by atoms with Gasteiger partial charge in [-0.25, -0.2) is 9.98 Å². The quantitative estimate of drug-likeness (QED) is 0.379. The summed E-state index contributed by atoms with van der Waals surface area (Å²) in [6, 6.07) is -0.566. The van der Waals surface area contributed by atoms with Crippen LogP contribution in [0.5, 0.6) is 0 Å². The number of amidine groups is 2. The van der Waals surface area contributed by atoms with Crippen LogP contribution in [0.2, 0.25) is 0 Å². The second-order valence-electron chi connectivity index (χ2n) is 9.22. The largest absolute Gasteiger partial charge is 0.387 e. The summed E-state index contributed by atoms with van der Waals surface area (Å²) in [5, 5.41) is 23.5. The molecule has 1 saturated carbocycles. The molecule has 11 heteroatoms. The van der Waals surface area contributed by atoms with Crippen LogP contribution in [0.4, 0.5) is 0 Å². The van der Waals surface area contributed by atoms with Gasteiger partial charge in [-0.1, -0.05) is 5.92 Å². The fourth-order valence-electron chi connectivity index (χ4n) is 4.89. The standard InChI is InChI=1S/C23H32N6O5/c1-3-25-22(33)19-17(31)18(32)23(34-19)29-11-26-16-20(24)27-15(28-21(16)29)6-4-5-13-7-9-14(10-8-13)12(2)30/h11,13-14,16-19,21,23,31-32H,3,5,7-10H2,1-2H3,(H,25,33)(H2,24,27,28)/t13?,14?,16?,17?,18-,19-,21?,23+/m0/s1. The highest BCUT2D eigenvalue weighted by Gasteiger charge is 2.52. The van der Waals surface area contributed by atoms with Gasteiger partial charge in [-0.2, -0.15) is 0 Å². The number of aliphatic imine (C=N–C) groups is 3. The highest BCUT2D eigenvalue weighted by Crippen LogP contribution is 2.32. The van der Waals surface area contributed by atoms with E-state index in [4.69, 9.17) is 10.5 Å². The van der Waals surface area contributed by atoms with E-state index in [9.17, 15) is 19.8 Å². The molecule has 1 saturated heterocycles. The average Bonchev–Trinajstić information content (AvgIpc) is 3.36. The van der Waals surface area contributed by atoms with Crippen molar-refractivity contribution in [2.24, 2.45) is 32.5 Å². The first-order valence-corrected chi connectivity index (χ1v) is 11.8. The number of carbonyl (C=O) groups excluding carboxylic acids is 2. The van der Waals surface area contributed by atoms with E-state index in [0.717, 1.165) is 25.7 Å². The third kappa shape index (κ3) is 4.85. The van der Waals surface area contributed by atoms with Crippen LogP contribution in [0.3, 0.4) is 0 Å². The van der Waals surface area contributed by atoms with Gasteiger partial charge in [0.15, 0.2) is 18.5 Å². The van der Waals surface area contributed by atoms with Gasteiger partial charge in [-0.05, 0) is 51.4 Å². The zero-order valence-electron chi connectivity index (χ0n) is 19.4. The highest BCUT2D eigenvalue weighted by molar-refractivity contribution is 6.10. The Bertz CT molecular complexity index is 961. The summed E-state index contributed by atoms with van der Waals surface area (Å²) in [5.41, 5.74) is 6.12. The molecule has 0 spiro atoms. The topological polar surface area (TPSA) is 162 Å². The fourth-order valence-corrected chi connectivity index (χ4v) is 4.89. The maximum atomic E-state index is 12.2. The molecule has 4 rings (SSSR count). The SMILES string of the molecule is CCNC(=O)[C@H]1O[C@@H](N2C=NC3C(N)=NC(C#CCC4CCC(C(C)=O)CC4)=NC32)[C@@H](O)C1O. The number of ketones is 1. The predicted molar refractivity (Wildman–Crippen MR) is 125 cm³/mol. The number of likely N-dealkylation sites (N-methyl/N-ethyl adjacent to an activating group) is 1. The Labute approximate surface area is 198 Å². The fraction of sp³-hybridized carbons (Fsp3) is 0.696. The van der Waals surface area contributed by atoms with Crippen molar-refractivity contribution in [3.05, 3.63) is 0 Å². The van der Waals surface area contributed by atoms with E-state index in [1.54, 1.807) is 18.7 Å². The molecular formula is C23H32N6O5. The van der Waals surface area contributed by atoms with Crippen molar-refractivity contribution in [1.29, 1.82) is 0 Å². The number of nitrogens with two attached hydrogens (primary N) is 1. The lowest BCUT2D eigenvalue weighted by Crippen LogP contribution is -2.52. The van der Waals surface area contributed by atoms with E-state index in [2.05, 4.69) is 32.1 Å². The first kappa shape index (κ1) is 24.3. The zero-order valence-corrected chi connectivity index (χ0v) is 19.4. The molecule has 0 bridgehead atoms. The number of aliphatic hydroxyl groups excluding tert-OH is 2. The number of hydrogen-bond donors (Lipinski definition) is 4. The van der Waals surface area contributed by atoms with Crippen LogP contribution >= 0.6 is 0 Å². The normalized spacial score (nSPS) is 36.8. The minimum Gasteiger partial charge on any atom is -0.387 e. The van der Waals surface area contributed by atoms with Crippen LogP contribution in [0, 0.1) is 23.7 Å². The molecule has 3 aliphatic heterocycles. The summed E-state index contributed by atoms with van der Waals surface area (Å²) in [7, 11) is 0. The second kappa shape index (κ2) is 10.2. The minimum absolute atomic E-state index is 0.181. The number of hydrogen-bond acceptors (Lipinski definition) is 10. The van der Waals surface area contributed by atoms with E-state index in [0.29, 0.717) is 18.9 Å². The van der Waals surface area contributed by atoms with Gasteiger partial charge in [-0.3, -0.25) is 14.6 Å². The Morgan fingerprint density at radius 3 is 2.68 bits per heavy atom. The third-order valence-corrected chi connectivity index (χ3v) is 6.90. The monoisotopic (exact) mass is 472 g/mol. The van der Waals surface area contributed by atoms with Gasteiger partial charge in [0.05, 0.1) is 6.34 Å². The van der Waals surface area contributed by atoms with Crippen molar-refractivity contribution < 1.29 is 24.5 Å². The molecule has 3 unspecified atom stereocenters. The Morgan fingerprint density at radius 1 is 1.26 bits per heavy atom. The van der Waals surface area contributed by atoms with Crippen LogP contribution in [-0.2, 0) is 14.3 Å². The van der Waals surface area contributed by atoms with Crippen molar-refractivity contribution in [3.8, 4) is 11.8 Å². The van der Waals surface area contributed by atoms with E-state index >= 15 is 0 Å². The highest BCUT2D eigenvalue weighted by atomic mass is 16.6. The van der Waals surface area contributed by atoms with Gasteiger partial charge in [0.25, 0.3) is 5.91 Å². The Kier molecular flexibility index (Phi) is 7.30. The summed E-state index contributed by atoms with van der Waals surface area (Å²) in [6.45, 7) is 3.79. The van der Waals surface area contributed by atoms with Crippen molar-refractivity contribution in [1.82, 2.24) is 10.2 Å². The number of ether oxygens (including phenoxy) is 1. The predicted octanol–water partition coefficient (Wildman–Crippen LogP) is -0.834. The molecule has 0 aromatic heterocycles. The van der Waals surface area contributed by atoms with Gasteiger partial charge >= 0.3 is 0 Å². The third-order valence-electron chi connectivity index (χ3n) is 6.90. The smallest absolute Gasteiger partial charge is 0.252 e. The number of nitrogens with one attached hydrogen (secondary N) is 1. The molecule has 1 aliphatic carbocycles. The lowest BCUT2D eigenvalue weighted by Gasteiger charge is -2.32. The molecule has 11 nitrogen and oxygen atoms in total. The van der Waals surface area contributed by atoms with Gasteiger partial charge in [0.2, 0.25) is 5.84 Å². The van der Waals surface area contributed by atoms with Gasteiger partial charge in [-0.15, -0.1) is 0 Å². The Morgan fingerprint density at radius 2 is 2.00 bits per heavy atom. The molecule has 184 valence electrons. The van der Waals surface area contributed by atoms with Crippen molar-refractivity contribution in [2.45, 2.75) is 82.7 Å². The van der Waals surface area contributed by atoms with Crippen LogP contribution in [0.1, 0.15) is 46.0 Å². The number of carbonyl (C=O) groups is 2. The van der Waals surface area contributed by atoms with Crippen LogP contribution in [0.15, 0.2) is 15.0 Å². The first-order chi connectivity index (χ1) is 16.3. The Hall–Kier alpha value is -2.81. The van der Waals surface area contributed by atoms with Gasteiger partial charge in [0, 0.05) is 18.9 Å². The molecule has 5 N–H and O–H groups in total. The summed E-state index contributed by atoms with van der Waals surface area (Å²) >= 11 is 0. The van der Waals surface area contributed by atoms with Crippen molar-refractivity contribution >= 4 is 29.7 Å². The number of fused-ring (bicyclic) bond motifs is 1. The van der Waals surface area contributed by atoms with Crippen molar-refractivity contribution in [2.75, 3.05) is 6.54 Å². The van der Waals surface area contributed by atoms with E-state index in [1.165, 1.54) is 6.34 Å². The molecule has 2 fully saturated rings. The molecular weight excluding hydrogens is 440 g/mol. The summed E-state index contributed by atoms with van der Waals surface area (Å²) in [5.74, 6) is 7.04. The minimum atomic E-state index is -1.39. The van der Waals surface area contributed by atoms with Gasteiger partial charge < -0.3 is 30.9 Å². The Balaban J connectivity index is 1.42. The number of amides is 1. The molecule has 0 aromatic carbocycles. The average molecular weight is 473 g/mol. The lowest BCUT2D eigenvalue weighted by atomic mass is 9.79. The molecule has 6 atom stereocenters. The number of Topliss-reactive ketones (excluding diaryl/α,β-unsaturated/α-hetero) is 1. The first-order valence-electron chi connectivity index (χ1n) is 11.8. The number of aliphatic hydroxyl groups is 2. The zero-order chi connectivity index (χ0) is 24.4. The number of rotatable bonds is 5.